The summed E-state index contributed by atoms with van der Waals surface area (Å²) in [6.45, 7) is 5.42. The van der Waals surface area contributed by atoms with Crippen LogP contribution in [0.2, 0.25) is 0 Å². The molecule has 6 nitrogen and oxygen atoms in total. The number of carbonyl (C=O) groups excluding carboxylic acids is 2. The number of para-hydroxylation sites is 1. The zero-order chi connectivity index (χ0) is 16.1. The lowest BCUT2D eigenvalue weighted by atomic mass is 10.0. The van der Waals surface area contributed by atoms with Crippen LogP contribution in [0.1, 0.15) is 41.6 Å². The summed E-state index contributed by atoms with van der Waals surface area (Å²) in [7, 11) is 0. The van der Waals surface area contributed by atoms with Crippen LogP contribution in [0.3, 0.4) is 0 Å². The van der Waals surface area contributed by atoms with Crippen LogP contribution >= 0.6 is 0 Å². The van der Waals surface area contributed by atoms with Crippen LogP contribution in [0, 0.1) is 6.92 Å². The normalized spacial score (nSPS) is 10.5. The van der Waals surface area contributed by atoms with E-state index in [4.69, 9.17) is 4.52 Å². The van der Waals surface area contributed by atoms with Crippen LogP contribution in [-0.4, -0.2) is 23.5 Å². The second kappa shape index (κ2) is 6.89. The van der Waals surface area contributed by atoms with Crippen molar-refractivity contribution in [2.45, 2.75) is 26.7 Å². The Bertz CT molecular complexity index is 663. The largest absolute Gasteiger partial charge is 0.360 e. The molecule has 1 aromatic carbocycles. The van der Waals surface area contributed by atoms with Gasteiger partial charge in [-0.25, -0.2) is 0 Å². The van der Waals surface area contributed by atoms with Crippen molar-refractivity contribution in [1.29, 1.82) is 0 Å². The van der Waals surface area contributed by atoms with E-state index in [9.17, 15) is 9.59 Å². The lowest BCUT2D eigenvalue weighted by Gasteiger charge is -2.08. The van der Waals surface area contributed by atoms with E-state index in [1.54, 1.807) is 19.1 Å². The fraction of sp³-hybridized carbons (Fsp3) is 0.312. The van der Waals surface area contributed by atoms with Crippen LogP contribution in [0.4, 0.5) is 5.69 Å². The minimum atomic E-state index is -0.356. The average Bonchev–Trinajstić information content (AvgIpc) is 2.88. The molecule has 1 aromatic heterocycles. The molecule has 0 aliphatic rings. The number of aromatic nitrogens is 1. The quantitative estimate of drug-likeness (QED) is 0.888. The fourth-order valence-corrected chi connectivity index (χ4v) is 2.03. The number of nitrogens with zero attached hydrogens (tertiary/aromatic N) is 1. The van der Waals surface area contributed by atoms with Crippen molar-refractivity contribution in [3.05, 3.63) is 47.3 Å². The topological polar surface area (TPSA) is 84.2 Å². The maximum atomic E-state index is 12.2. The third-order valence-electron chi connectivity index (χ3n) is 3.11. The van der Waals surface area contributed by atoms with Gasteiger partial charge in [0.05, 0.1) is 12.2 Å². The standard InChI is InChI=1S/C16H19N3O3/c1-10(2)15-14(11(3)19-22-15)16(21)17-9-13(20)18-12-7-5-4-6-8-12/h4-8,10H,9H2,1-3H3,(H,17,21)(H,18,20). The van der Waals surface area contributed by atoms with Crippen molar-refractivity contribution in [3.63, 3.8) is 0 Å². The van der Waals surface area contributed by atoms with Gasteiger partial charge >= 0.3 is 0 Å². The molecule has 0 bridgehead atoms. The minimum absolute atomic E-state index is 0.0418. The van der Waals surface area contributed by atoms with Gasteiger partial charge in [0.1, 0.15) is 5.56 Å². The first-order valence-electron chi connectivity index (χ1n) is 7.08. The number of amides is 2. The molecule has 0 aliphatic carbocycles. The molecule has 1 heterocycles. The summed E-state index contributed by atoms with van der Waals surface area (Å²) in [5.41, 5.74) is 1.61. The minimum Gasteiger partial charge on any atom is -0.360 e. The van der Waals surface area contributed by atoms with E-state index in [2.05, 4.69) is 15.8 Å². The summed E-state index contributed by atoms with van der Waals surface area (Å²) in [6.07, 6.45) is 0. The summed E-state index contributed by atoms with van der Waals surface area (Å²) in [4.78, 5) is 24.0. The van der Waals surface area contributed by atoms with Gasteiger partial charge in [-0.15, -0.1) is 0 Å². The van der Waals surface area contributed by atoms with Crippen molar-refractivity contribution >= 4 is 17.5 Å². The number of rotatable bonds is 5. The van der Waals surface area contributed by atoms with E-state index in [1.807, 2.05) is 32.0 Å². The van der Waals surface area contributed by atoms with Crippen LogP contribution in [0.25, 0.3) is 0 Å². The molecule has 0 fully saturated rings. The van der Waals surface area contributed by atoms with Gasteiger partial charge in [0, 0.05) is 11.6 Å². The molecule has 2 amide bonds. The summed E-state index contributed by atoms with van der Waals surface area (Å²) in [6, 6.07) is 9.06. The Labute approximate surface area is 128 Å². The molecular formula is C16H19N3O3. The number of nitrogens with one attached hydrogen (secondary N) is 2. The molecule has 2 aromatic rings. The number of aryl methyl sites for hydroxylation is 1. The van der Waals surface area contributed by atoms with Crippen molar-refractivity contribution in [3.8, 4) is 0 Å². The predicted octanol–water partition coefficient (Wildman–Crippen LogP) is 2.47. The zero-order valence-corrected chi connectivity index (χ0v) is 12.8. The van der Waals surface area contributed by atoms with Gasteiger partial charge in [-0.3, -0.25) is 9.59 Å². The van der Waals surface area contributed by atoms with E-state index < -0.39 is 0 Å². The number of carbonyl (C=O) groups is 2. The van der Waals surface area contributed by atoms with Gasteiger partial charge in [0.25, 0.3) is 5.91 Å². The Morgan fingerprint density at radius 1 is 1.23 bits per heavy atom. The molecule has 0 spiro atoms. The molecule has 22 heavy (non-hydrogen) atoms. The van der Waals surface area contributed by atoms with E-state index in [1.165, 1.54) is 0 Å². The van der Waals surface area contributed by atoms with Gasteiger partial charge in [0.15, 0.2) is 5.76 Å². The third-order valence-corrected chi connectivity index (χ3v) is 3.11. The highest BCUT2D eigenvalue weighted by Crippen LogP contribution is 2.21. The molecule has 0 aliphatic heterocycles. The van der Waals surface area contributed by atoms with Gasteiger partial charge in [-0.2, -0.15) is 0 Å². The highest BCUT2D eigenvalue weighted by molar-refractivity contribution is 6.00. The molecule has 6 heteroatoms. The number of hydrogen-bond donors (Lipinski definition) is 2. The molecular weight excluding hydrogens is 282 g/mol. The summed E-state index contributed by atoms with van der Waals surface area (Å²) in [5, 5.41) is 9.11. The number of anilines is 1. The monoisotopic (exact) mass is 301 g/mol. The number of benzene rings is 1. The molecule has 0 saturated carbocycles. The molecule has 2 N–H and O–H groups in total. The Balaban J connectivity index is 1.96. The molecule has 0 atom stereocenters. The maximum Gasteiger partial charge on any atom is 0.257 e. The lowest BCUT2D eigenvalue weighted by molar-refractivity contribution is -0.115. The molecule has 0 radical (unpaired) electrons. The second-order valence-electron chi connectivity index (χ2n) is 5.26. The van der Waals surface area contributed by atoms with Crippen molar-refractivity contribution in [1.82, 2.24) is 10.5 Å². The number of hydrogen-bond acceptors (Lipinski definition) is 4. The van der Waals surface area contributed by atoms with E-state index in [0.29, 0.717) is 22.7 Å². The predicted molar refractivity (Wildman–Crippen MR) is 82.7 cm³/mol. The lowest BCUT2D eigenvalue weighted by Crippen LogP contribution is -2.33. The van der Waals surface area contributed by atoms with Crippen LogP contribution < -0.4 is 10.6 Å². The zero-order valence-electron chi connectivity index (χ0n) is 12.8. The Hall–Kier alpha value is -2.63. The first kappa shape index (κ1) is 15.8. The Morgan fingerprint density at radius 3 is 2.55 bits per heavy atom. The fourth-order valence-electron chi connectivity index (χ4n) is 2.03. The van der Waals surface area contributed by atoms with Crippen LogP contribution in [-0.2, 0) is 4.79 Å². The summed E-state index contributed by atoms with van der Waals surface area (Å²) < 4.78 is 5.17. The Kier molecular flexibility index (Phi) is 4.93. The average molecular weight is 301 g/mol. The van der Waals surface area contributed by atoms with Crippen molar-refractivity contribution in [2.75, 3.05) is 11.9 Å². The smallest absolute Gasteiger partial charge is 0.257 e. The molecule has 2 rings (SSSR count). The van der Waals surface area contributed by atoms with Gasteiger partial charge in [-0.05, 0) is 19.1 Å². The van der Waals surface area contributed by atoms with Crippen LogP contribution in [0.5, 0.6) is 0 Å². The van der Waals surface area contributed by atoms with Gasteiger partial charge in [-0.1, -0.05) is 37.2 Å². The summed E-state index contributed by atoms with van der Waals surface area (Å²) >= 11 is 0. The molecule has 0 unspecified atom stereocenters. The first-order valence-corrected chi connectivity index (χ1v) is 7.08. The molecule has 0 saturated heterocycles. The SMILES string of the molecule is Cc1noc(C(C)C)c1C(=O)NCC(=O)Nc1ccccc1. The second-order valence-corrected chi connectivity index (χ2v) is 5.26. The van der Waals surface area contributed by atoms with Crippen molar-refractivity contribution in [2.24, 2.45) is 0 Å². The Morgan fingerprint density at radius 2 is 1.91 bits per heavy atom. The van der Waals surface area contributed by atoms with E-state index in [-0.39, 0.29) is 24.3 Å². The highest BCUT2D eigenvalue weighted by atomic mass is 16.5. The van der Waals surface area contributed by atoms with Crippen LogP contribution in [0.15, 0.2) is 34.9 Å². The summed E-state index contributed by atoms with van der Waals surface area (Å²) in [5.74, 6) is -0.0796. The highest BCUT2D eigenvalue weighted by Gasteiger charge is 2.22. The van der Waals surface area contributed by atoms with Crippen molar-refractivity contribution < 1.29 is 14.1 Å². The van der Waals surface area contributed by atoms with Gasteiger partial charge in [0.2, 0.25) is 5.91 Å². The van der Waals surface area contributed by atoms with E-state index in [0.717, 1.165) is 0 Å². The van der Waals surface area contributed by atoms with E-state index >= 15 is 0 Å². The maximum absolute atomic E-state index is 12.2. The molecule has 116 valence electrons. The third kappa shape index (κ3) is 3.72. The van der Waals surface area contributed by atoms with Gasteiger partial charge < -0.3 is 15.2 Å². The first-order chi connectivity index (χ1) is 10.5.